The molecule has 0 aliphatic rings. The fourth-order valence-corrected chi connectivity index (χ4v) is 3.09. The van der Waals surface area contributed by atoms with E-state index >= 15 is 0 Å². The summed E-state index contributed by atoms with van der Waals surface area (Å²) in [6.45, 7) is 3.71. The summed E-state index contributed by atoms with van der Waals surface area (Å²) in [5.74, 6) is -0.852. The molecule has 0 saturated heterocycles. The highest BCUT2D eigenvalue weighted by atomic mass is 32.2. The summed E-state index contributed by atoms with van der Waals surface area (Å²) in [7, 11) is -3.93. The fourth-order valence-electron chi connectivity index (χ4n) is 1.46. The largest absolute Gasteiger partial charge is 0.329 e. The Morgan fingerprint density at radius 2 is 2.18 bits per heavy atom. The van der Waals surface area contributed by atoms with Crippen molar-refractivity contribution in [2.45, 2.75) is 24.9 Å². The normalized spacial score (nSPS) is 12.4. The fraction of sp³-hybridized carbons (Fsp3) is 0.500. The first-order valence-electron chi connectivity index (χ1n) is 5.23. The summed E-state index contributed by atoms with van der Waals surface area (Å²) >= 11 is 0. The number of nitrogens with zero attached hydrogens (tertiary/aromatic N) is 2. The topological polar surface area (TPSA) is 76.3 Å². The Morgan fingerprint density at radius 1 is 1.53 bits per heavy atom. The predicted molar refractivity (Wildman–Crippen MR) is 62.3 cm³/mol. The van der Waals surface area contributed by atoms with E-state index in [1.54, 1.807) is 13.8 Å². The highest BCUT2D eigenvalue weighted by Crippen LogP contribution is 2.18. The first-order valence-corrected chi connectivity index (χ1v) is 6.67. The van der Waals surface area contributed by atoms with Crippen LogP contribution in [0.5, 0.6) is 0 Å². The van der Waals surface area contributed by atoms with E-state index in [1.807, 2.05) is 0 Å². The molecule has 0 spiro atoms. The minimum Gasteiger partial charge on any atom is -0.329 e. The summed E-state index contributed by atoms with van der Waals surface area (Å²) in [6.07, 6.45) is 1.25. The van der Waals surface area contributed by atoms with Crippen molar-refractivity contribution in [2.24, 2.45) is 5.73 Å². The molecule has 0 unspecified atom stereocenters. The molecule has 0 amide bonds. The summed E-state index contributed by atoms with van der Waals surface area (Å²) in [6, 6.07) is 2.11. The third-order valence-corrected chi connectivity index (χ3v) is 4.21. The van der Waals surface area contributed by atoms with Crippen molar-refractivity contribution < 1.29 is 12.8 Å². The van der Waals surface area contributed by atoms with Crippen molar-refractivity contribution in [3.8, 4) is 0 Å². The lowest BCUT2D eigenvalue weighted by Crippen LogP contribution is -2.40. The maximum Gasteiger partial charge on any atom is 0.263 e. The number of hydrogen-bond acceptors (Lipinski definition) is 4. The lowest BCUT2D eigenvalue weighted by molar-refractivity contribution is 0.357. The first-order chi connectivity index (χ1) is 7.91. The van der Waals surface area contributed by atoms with Crippen molar-refractivity contribution in [2.75, 3.05) is 13.1 Å². The number of nitrogens with two attached hydrogens (primary N) is 1. The van der Waals surface area contributed by atoms with Crippen LogP contribution in [0.15, 0.2) is 23.4 Å². The summed E-state index contributed by atoms with van der Waals surface area (Å²) < 4.78 is 38.9. The van der Waals surface area contributed by atoms with Gasteiger partial charge in [0.1, 0.15) is 0 Å². The molecular formula is C10H16FN3O2S. The van der Waals surface area contributed by atoms with E-state index in [0.717, 1.165) is 10.4 Å². The van der Waals surface area contributed by atoms with Crippen LogP contribution < -0.4 is 5.73 Å². The van der Waals surface area contributed by atoms with Gasteiger partial charge in [0.25, 0.3) is 10.0 Å². The van der Waals surface area contributed by atoms with E-state index < -0.39 is 20.9 Å². The van der Waals surface area contributed by atoms with Gasteiger partial charge in [-0.05, 0) is 26.0 Å². The molecule has 0 saturated carbocycles. The minimum absolute atomic E-state index is 0.135. The Hall–Kier alpha value is -1.05. The van der Waals surface area contributed by atoms with Crippen molar-refractivity contribution in [3.63, 3.8) is 0 Å². The van der Waals surface area contributed by atoms with E-state index in [4.69, 9.17) is 5.73 Å². The van der Waals surface area contributed by atoms with Gasteiger partial charge in [-0.2, -0.15) is 4.31 Å². The van der Waals surface area contributed by atoms with Gasteiger partial charge in [0.2, 0.25) is 5.03 Å². The van der Waals surface area contributed by atoms with Gasteiger partial charge in [-0.3, -0.25) is 0 Å². The van der Waals surface area contributed by atoms with Crippen LogP contribution >= 0.6 is 0 Å². The van der Waals surface area contributed by atoms with Gasteiger partial charge in [-0.1, -0.05) is 0 Å². The van der Waals surface area contributed by atoms with Gasteiger partial charge in [-0.25, -0.2) is 17.8 Å². The van der Waals surface area contributed by atoms with Crippen molar-refractivity contribution in [3.05, 3.63) is 24.1 Å². The molecule has 0 radical (unpaired) electrons. The molecule has 0 atom stereocenters. The van der Waals surface area contributed by atoms with Gasteiger partial charge >= 0.3 is 0 Å². The van der Waals surface area contributed by atoms with Crippen LogP contribution in [0.4, 0.5) is 4.39 Å². The molecule has 1 aromatic heterocycles. The van der Waals surface area contributed by atoms with Crippen LogP contribution in [0.25, 0.3) is 0 Å². The maximum atomic E-state index is 13.4. The maximum absolute atomic E-state index is 13.4. The van der Waals surface area contributed by atoms with Gasteiger partial charge in [0, 0.05) is 25.3 Å². The summed E-state index contributed by atoms with van der Waals surface area (Å²) in [4.78, 5) is 3.59. The van der Waals surface area contributed by atoms with Crippen molar-refractivity contribution in [1.82, 2.24) is 9.29 Å². The Balaban J connectivity index is 3.22. The van der Waals surface area contributed by atoms with Crippen LogP contribution in [0.2, 0.25) is 0 Å². The number of aromatic nitrogens is 1. The minimum atomic E-state index is -3.93. The summed E-state index contributed by atoms with van der Waals surface area (Å²) in [5.41, 5.74) is 5.36. The van der Waals surface area contributed by atoms with E-state index in [9.17, 15) is 12.8 Å². The average Bonchev–Trinajstić information content (AvgIpc) is 2.25. The number of rotatable bonds is 5. The molecule has 0 aromatic carbocycles. The zero-order valence-corrected chi connectivity index (χ0v) is 10.6. The average molecular weight is 261 g/mol. The molecule has 0 fully saturated rings. The molecule has 5 nitrogen and oxygen atoms in total. The molecule has 0 aliphatic carbocycles. The summed E-state index contributed by atoms with van der Waals surface area (Å²) in [5, 5.41) is -0.554. The van der Waals surface area contributed by atoms with Gasteiger partial charge in [-0.15, -0.1) is 0 Å². The Bertz CT molecular complexity index is 476. The molecule has 17 heavy (non-hydrogen) atoms. The quantitative estimate of drug-likeness (QED) is 0.841. The zero-order valence-electron chi connectivity index (χ0n) is 9.80. The van der Waals surface area contributed by atoms with Gasteiger partial charge < -0.3 is 5.73 Å². The van der Waals surface area contributed by atoms with Gasteiger partial charge in [0.15, 0.2) is 5.82 Å². The second-order valence-corrected chi connectivity index (χ2v) is 5.59. The smallest absolute Gasteiger partial charge is 0.263 e. The molecule has 1 heterocycles. The Morgan fingerprint density at radius 3 is 2.65 bits per heavy atom. The monoisotopic (exact) mass is 261 g/mol. The number of hydrogen-bond donors (Lipinski definition) is 1. The SMILES string of the molecule is CC(C)N(CCN)S(=O)(=O)c1ncccc1F. The van der Waals surface area contributed by atoms with Crippen LogP contribution in [-0.4, -0.2) is 36.8 Å². The van der Waals surface area contributed by atoms with E-state index in [2.05, 4.69) is 4.98 Å². The van der Waals surface area contributed by atoms with Crippen LogP contribution in [-0.2, 0) is 10.0 Å². The van der Waals surface area contributed by atoms with Gasteiger partial charge in [0.05, 0.1) is 0 Å². The zero-order chi connectivity index (χ0) is 13.1. The highest BCUT2D eigenvalue weighted by molar-refractivity contribution is 7.89. The lowest BCUT2D eigenvalue weighted by Gasteiger charge is -2.24. The molecule has 96 valence electrons. The van der Waals surface area contributed by atoms with Crippen molar-refractivity contribution >= 4 is 10.0 Å². The second-order valence-electron chi connectivity index (χ2n) is 3.79. The van der Waals surface area contributed by atoms with Crippen LogP contribution in [0, 0.1) is 5.82 Å². The van der Waals surface area contributed by atoms with E-state index in [-0.39, 0.29) is 19.1 Å². The molecule has 1 rings (SSSR count). The first kappa shape index (κ1) is 14.0. The molecule has 0 aliphatic heterocycles. The van der Waals surface area contributed by atoms with Crippen LogP contribution in [0.3, 0.4) is 0 Å². The number of halogens is 1. The number of pyridine rings is 1. The Kier molecular flexibility index (Phi) is 4.55. The Labute approximate surface area is 101 Å². The highest BCUT2D eigenvalue weighted by Gasteiger charge is 2.30. The predicted octanol–water partition coefficient (Wildman–Crippen LogP) is 0.579. The third kappa shape index (κ3) is 2.99. The molecule has 2 N–H and O–H groups in total. The third-order valence-electron chi connectivity index (χ3n) is 2.20. The molecule has 1 aromatic rings. The molecular weight excluding hydrogens is 245 g/mol. The lowest BCUT2D eigenvalue weighted by atomic mass is 10.4. The standard InChI is InChI=1S/C10H16FN3O2S/c1-8(2)14(7-5-12)17(15,16)10-9(11)4-3-6-13-10/h3-4,6,8H,5,7,12H2,1-2H3. The second kappa shape index (κ2) is 5.52. The molecule has 7 heteroatoms. The van der Waals surface area contributed by atoms with E-state index in [1.165, 1.54) is 12.3 Å². The number of sulfonamides is 1. The van der Waals surface area contributed by atoms with E-state index in [0.29, 0.717) is 0 Å². The van der Waals surface area contributed by atoms with Crippen LogP contribution in [0.1, 0.15) is 13.8 Å². The van der Waals surface area contributed by atoms with Crippen molar-refractivity contribution in [1.29, 1.82) is 0 Å². The molecule has 0 bridgehead atoms.